The molecular weight excluding hydrogens is 408 g/mol. The third kappa shape index (κ3) is 4.48. The number of aryl methyl sites for hydroxylation is 1. The van der Waals surface area contributed by atoms with Gasteiger partial charge in [0, 0.05) is 40.3 Å². The highest BCUT2D eigenvalue weighted by Gasteiger charge is 2.26. The van der Waals surface area contributed by atoms with Crippen LogP contribution in [0.15, 0.2) is 9.59 Å². The van der Waals surface area contributed by atoms with Gasteiger partial charge in [-0.25, -0.2) is 14.6 Å². The molecule has 3 heterocycles. The fraction of sp³-hybridized carbons (Fsp3) is 0.632. The predicted octanol–water partition coefficient (Wildman–Crippen LogP) is -0.729. The number of carbonyl (C=O) groups excluding carboxylic acids is 2. The van der Waals surface area contributed by atoms with Gasteiger partial charge in [0.1, 0.15) is 12.4 Å². The maximum atomic E-state index is 12.8. The summed E-state index contributed by atoms with van der Waals surface area (Å²) in [5.41, 5.74) is -0.614. The number of aromatic nitrogens is 4. The average molecular weight is 436 g/mol. The summed E-state index contributed by atoms with van der Waals surface area (Å²) in [5.74, 6) is -0.0166. The zero-order valence-electron chi connectivity index (χ0n) is 18.3. The van der Waals surface area contributed by atoms with E-state index < -0.39 is 17.2 Å². The molecular formula is C19H28N6O6. The molecule has 1 aliphatic heterocycles. The Morgan fingerprint density at radius 2 is 1.61 bits per heavy atom. The fourth-order valence-electron chi connectivity index (χ4n) is 3.62. The van der Waals surface area contributed by atoms with Gasteiger partial charge in [-0.1, -0.05) is 0 Å². The SMILES string of the molecule is CCOC(=O)Cn1c(CN2CCN(C(=O)OCC)CC2)nc2c1c(=O)n(C)c(=O)n2C. The first-order valence-corrected chi connectivity index (χ1v) is 10.2. The van der Waals surface area contributed by atoms with Crippen molar-refractivity contribution in [3.8, 4) is 0 Å². The van der Waals surface area contributed by atoms with Crippen LogP contribution in [-0.4, -0.2) is 79.9 Å². The van der Waals surface area contributed by atoms with E-state index in [-0.39, 0.29) is 30.4 Å². The van der Waals surface area contributed by atoms with E-state index in [4.69, 9.17) is 9.47 Å². The van der Waals surface area contributed by atoms with Gasteiger partial charge in [-0.3, -0.25) is 23.6 Å². The molecule has 170 valence electrons. The summed E-state index contributed by atoms with van der Waals surface area (Å²) in [6.45, 7) is 6.33. The standard InChI is InChI=1S/C19H28N6O6/c1-5-30-14(26)12-25-13(11-23-7-9-24(10-8-23)19(29)31-6-2)20-16-15(25)17(27)22(4)18(28)21(16)3/h5-12H2,1-4H3. The van der Waals surface area contributed by atoms with Crippen molar-refractivity contribution in [2.45, 2.75) is 26.9 Å². The summed E-state index contributed by atoms with van der Waals surface area (Å²) in [6, 6.07) is 0. The van der Waals surface area contributed by atoms with Crippen LogP contribution in [0.25, 0.3) is 11.2 Å². The van der Waals surface area contributed by atoms with Gasteiger partial charge in [-0.2, -0.15) is 0 Å². The second-order valence-corrected chi connectivity index (χ2v) is 7.26. The van der Waals surface area contributed by atoms with Crippen LogP contribution in [0.4, 0.5) is 4.79 Å². The summed E-state index contributed by atoms with van der Waals surface area (Å²) in [4.78, 5) is 57.5. The quantitative estimate of drug-likeness (QED) is 0.544. The van der Waals surface area contributed by atoms with Gasteiger partial charge in [0.15, 0.2) is 11.2 Å². The monoisotopic (exact) mass is 436 g/mol. The van der Waals surface area contributed by atoms with Gasteiger partial charge in [-0.05, 0) is 13.8 Å². The number of fused-ring (bicyclic) bond motifs is 1. The van der Waals surface area contributed by atoms with E-state index >= 15 is 0 Å². The largest absolute Gasteiger partial charge is 0.465 e. The maximum absolute atomic E-state index is 12.8. The minimum Gasteiger partial charge on any atom is -0.465 e. The molecule has 31 heavy (non-hydrogen) atoms. The number of nitrogens with zero attached hydrogens (tertiary/aromatic N) is 6. The van der Waals surface area contributed by atoms with Crippen molar-refractivity contribution in [1.29, 1.82) is 0 Å². The third-order valence-electron chi connectivity index (χ3n) is 5.28. The summed E-state index contributed by atoms with van der Waals surface area (Å²) in [7, 11) is 2.92. The van der Waals surface area contributed by atoms with Gasteiger partial charge >= 0.3 is 17.8 Å². The first-order valence-electron chi connectivity index (χ1n) is 10.2. The van der Waals surface area contributed by atoms with Crippen LogP contribution in [0.3, 0.4) is 0 Å². The minimum atomic E-state index is -0.520. The molecule has 2 aromatic rings. The Kier molecular flexibility index (Phi) is 6.78. The van der Waals surface area contributed by atoms with Gasteiger partial charge in [0.25, 0.3) is 5.56 Å². The topological polar surface area (TPSA) is 121 Å². The Balaban J connectivity index is 1.93. The molecule has 0 aromatic carbocycles. The Hall–Kier alpha value is -3.15. The molecule has 0 radical (unpaired) electrons. The molecule has 0 N–H and O–H groups in total. The van der Waals surface area contributed by atoms with E-state index in [0.717, 1.165) is 4.57 Å². The zero-order chi connectivity index (χ0) is 22.7. The number of esters is 1. The predicted molar refractivity (Wildman–Crippen MR) is 111 cm³/mol. The van der Waals surface area contributed by atoms with E-state index in [0.29, 0.717) is 45.2 Å². The Morgan fingerprint density at radius 1 is 0.968 bits per heavy atom. The molecule has 3 rings (SSSR count). The van der Waals surface area contributed by atoms with E-state index in [1.54, 1.807) is 18.7 Å². The van der Waals surface area contributed by atoms with Crippen molar-refractivity contribution in [2.24, 2.45) is 14.1 Å². The summed E-state index contributed by atoms with van der Waals surface area (Å²) in [6.07, 6.45) is -0.338. The highest BCUT2D eigenvalue weighted by Crippen LogP contribution is 2.15. The Labute approximate surface area is 178 Å². The Bertz CT molecular complexity index is 1090. The first-order chi connectivity index (χ1) is 14.8. The summed E-state index contributed by atoms with van der Waals surface area (Å²) in [5, 5.41) is 0. The highest BCUT2D eigenvalue weighted by molar-refractivity contribution is 5.76. The van der Waals surface area contributed by atoms with Crippen LogP contribution in [-0.2, 0) is 41.5 Å². The van der Waals surface area contributed by atoms with Gasteiger partial charge in [0.2, 0.25) is 0 Å². The number of imidazole rings is 1. The van der Waals surface area contributed by atoms with Crippen LogP contribution < -0.4 is 11.2 Å². The number of amides is 1. The smallest absolute Gasteiger partial charge is 0.409 e. The van der Waals surface area contributed by atoms with E-state index in [2.05, 4.69) is 9.88 Å². The van der Waals surface area contributed by atoms with Crippen LogP contribution in [0.5, 0.6) is 0 Å². The molecule has 0 saturated carbocycles. The zero-order valence-corrected chi connectivity index (χ0v) is 18.3. The lowest BCUT2D eigenvalue weighted by atomic mass is 10.3. The normalized spacial score (nSPS) is 14.8. The average Bonchev–Trinajstić information content (AvgIpc) is 3.09. The first kappa shape index (κ1) is 22.5. The Morgan fingerprint density at radius 3 is 2.23 bits per heavy atom. The van der Waals surface area contributed by atoms with Crippen LogP contribution in [0, 0.1) is 0 Å². The molecule has 1 amide bonds. The lowest BCUT2D eigenvalue weighted by molar-refractivity contribution is -0.143. The molecule has 12 nitrogen and oxygen atoms in total. The van der Waals surface area contributed by atoms with Crippen LogP contribution >= 0.6 is 0 Å². The maximum Gasteiger partial charge on any atom is 0.409 e. The molecule has 0 atom stereocenters. The second kappa shape index (κ2) is 9.33. The van der Waals surface area contributed by atoms with Crippen molar-refractivity contribution in [1.82, 2.24) is 28.5 Å². The number of carbonyl (C=O) groups is 2. The molecule has 0 unspecified atom stereocenters. The lowest BCUT2D eigenvalue weighted by Gasteiger charge is -2.33. The van der Waals surface area contributed by atoms with Gasteiger partial charge < -0.3 is 18.9 Å². The summed E-state index contributed by atoms with van der Waals surface area (Å²) < 4.78 is 13.9. The van der Waals surface area contributed by atoms with Crippen LogP contribution in [0.1, 0.15) is 19.7 Å². The molecule has 0 bridgehead atoms. The molecule has 0 aliphatic carbocycles. The van der Waals surface area contributed by atoms with E-state index in [1.165, 1.54) is 23.2 Å². The van der Waals surface area contributed by atoms with E-state index in [9.17, 15) is 19.2 Å². The van der Waals surface area contributed by atoms with Crippen molar-refractivity contribution < 1.29 is 19.1 Å². The molecule has 12 heteroatoms. The number of hydrogen-bond donors (Lipinski definition) is 0. The van der Waals surface area contributed by atoms with Crippen LogP contribution in [0.2, 0.25) is 0 Å². The van der Waals surface area contributed by atoms with Crippen molar-refractivity contribution in [3.63, 3.8) is 0 Å². The van der Waals surface area contributed by atoms with Gasteiger partial charge in [-0.15, -0.1) is 0 Å². The summed E-state index contributed by atoms with van der Waals surface area (Å²) >= 11 is 0. The van der Waals surface area contributed by atoms with Gasteiger partial charge in [0.05, 0.1) is 19.8 Å². The molecule has 1 aliphatic rings. The number of hydrogen-bond acceptors (Lipinski definition) is 8. The molecule has 1 saturated heterocycles. The number of rotatable bonds is 6. The van der Waals surface area contributed by atoms with Crippen molar-refractivity contribution >= 4 is 23.2 Å². The highest BCUT2D eigenvalue weighted by atomic mass is 16.6. The minimum absolute atomic E-state index is 0.179. The number of piperazine rings is 1. The van der Waals surface area contributed by atoms with E-state index in [1.807, 2.05) is 0 Å². The molecule has 0 spiro atoms. The van der Waals surface area contributed by atoms with Crippen molar-refractivity contribution in [3.05, 3.63) is 26.7 Å². The molecule has 2 aromatic heterocycles. The second-order valence-electron chi connectivity index (χ2n) is 7.26. The fourth-order valence-corrected chi connectivity index (χ4v) is 3.62. The lowest BCUT2D eigenvalue weighted by Crippen LogP contribution is -2.48. The van der Waals surface area contributed by atoms with Crippen molar-refractivity contribution in [2.75, 3.05) is 39.4 Å². The number of ether oxygens (including phenoxy) is 2. The third-order valence-corrected chi connectivity index (χ3v) is 5.28. The molecule has 1 fully saturated rings.